The summed E-state index contributed by atoms with van der Waals surface area (Å²) in [4.78, 5) is 11.6. The Morgan fingerprint density at radius 3 is 2.69 bits per heavy atom. The number of Topliss-reactive ketones (excluding diaryl/α,β-unsaturated/α-hetero) is 1. The first-order valence-corrected chi connectivity index (χ1v) is 5.14. The standard InChI is InChI=1S/C9H14N4O2S/c1-9(2)3-5(11-12-8(10)16)7(13-15)6(14)4-9/h15H,3-4H2,1-2H3,(H3,10,12,16)/b11-5+,13-7-. The van der Waals surface area contributed by atoms with Gasteiger partial charge in [0.2, 0.25) is 0 Å². The second kappa shape index (κ2) is 4.56. The Balaban J connectivity index is 2.98. The van der Waals surface area contributed by atoms with Crippen molar-refractivity contribution in [3.8, 4) is 0 Å². The van der Waals surface area contributed by atoms with Gasteiger partial charge in [0.25, 0.3) is 0 Å². The molecule has 0 atom stereocenters. The molecular weight excluding hydrogens is 228 g/mol. The largest absolute Gasteiger partial charge is 0.410 e. The molecule has 0 aromatic rings. The number of oxime groups is 1. The molecule has 0 aromatic heterocycles. The van der Waals surface area contributed by atoms with Crippen molar-refractivity contribution in [2.75, 3.05) is 0 Å². The fourth-order valence-electron chi connectivity index (χ4n) is 1.61. The molecule has 1 aliphatic carbocycles. The number of hydrogen-bond donors (Lipinski definition) is 3. The molecule has 0 bridgehead atoms. The quantitative estimate of drug-likeness (QED) is 0.351. The van der Waals surface area contributed by atoms with Crippen molar-refractivity contribution in [2.24, 2.45) is 21.4 Å². The van der Waals surface area contributed by atoms with Crippen molar-refractivity contribution >= 4 is 34.5 Å². The minimum absolute atomic E-state index is 0.000573. The normalized spacial score (nSPS) is 24.8. The van der Waals surface area contributed by atoms with E-state index < -0.39 is 0 Å². The molecule has 0 radical (unpaired) electrons. The minimum atomic E-state index is -0.234. The third kappa shape index (κ3) is 2.99. The molecule has 7 heteroatoms. The van der Waals surface area contributed by atoms with Gasteiger partial charge in [0.1, 0.15) is 0 Å². The second-order valence-corrected chi connectivity index (χ2v) is 4.86. The van der Waals surface area contributed by atoms with E-state index in [4.69, 9.17) is 10.9 Å². The van der Waals surface area contributed by atoms with Gasteiger partial charge in [0.05, 0.1) is 5.71 Å². The van der Waals surface area contributed by atoms with Crippen molar-refractivity contribution in [1.29, 1.82) is 0 Å². The van der Waals surface area contributed by atoms with Crippen molar-refractivity contribution in [3.63, 3.8) is 0 Å². The lowest BCUT2D eigenvalue weighted by Gasteiger charge is -2.29. The van der Waals surface area contributed by atoms with Crippen LogP contribution in [0.3, 0.4) is 0 Å². The number of carbonyl (C=O) groups is 1. The average Bonchev–Trinajstić information content (AvgIpc) is 2.12. The molecule has 4 N–H and O–H groups in total. The zero-order chi connectivity index (χ0) is 12.3. The Hall–Kier alpha value is -1.50. The summed E-state index contributed by atoms with van der Waals surface area (Å²) in [6.45, 7) is 3.88. The van der Waals surface area contributed by atoms with E-state index in [0.717, 1.165) is 0 Å². The highest BCUT2D eigenvalue weighted by Crippen LogP contribution is 2.30. The Morgan fingerprint density at radius 1 is 1.56 bits per heavy atom. The average molecular weight is 242 g/mol. The molecule has 1 saturated carbocycles. The molecule has 88 valence electrons. The highest BCUT2D eigenvalue weighted by molar-refractivity contribution is 7.80. The summed E-state index contributed by atoms with van der Waals surface area (Å²) < 4.78 is 0. The van der Waals surface area contributed by atoms with Crippen LogP contribution in [0.15, 0.2) is 10.3 Å². The number of nitrogens with two attached hydrogens (primary N) is 1. The van der Waals surface area contributed by atoms with Gasteiger partial charge in [-0.15, -0.1) is 0 Å². The SMILES string of the molecule is CC1(C)CC(=O)C(=N\O)/C(=N/NC(N)=S)C1. The van der Waals surface area contributed by atoms with Gasteiger partial charge in [0.15, 0.2) is 16.6 Å². The zero-order valence-electron chi connectivity index (χ0n) is 9.15. The highest BCUT2D eigenvalue weighted by atomic mass is 32.1. The summed E-state index contributed by atoms with van der Waals surface area (Å²) in [7, 11) is 0. The molecule has 6 nitrogen and oxygen atoms in total. The number of carbonyl (C=O) groups excluding carboxylic acids is 1. The van der Waals surface area contributed by atoms with Gasteiger partial charge < -0.3 is 10.9 Å². The number of rotatable bonds is 1. The third-order valence-electron chi connectivity index (χ3n) is 2.22. The van der Waals surface area contributed by atoms with Gasteiger partial charge >= 0.3 is 0 Å². The van der Waals surface area contributed by atoms with E-state index >= 15 is 0 Å². The van der Waals surface area contributed by atoms with Gasteiger partial charge in [-0.05, 0) is 24.1 Å². The Kier molecular flexibility index (Phi) is 3.58. The molecule has 0 amide bonds. The molecule has 0 unspecified atom stereocenters. The van der Waals surface area contributed by atoms with E-state index in [9.17, 15) is 4.79 Å². The molecule has 1 rings (SSSR count). The molecule has 0 aliphatic heterocycles. The second-order valence-electron chi connectivity index (χ2n) is 4.42. The van der Waals surface area contributed by atoms with Crippen molar-refractivity contribution in [2.45, 2.75) is 26.7 Å². The monoisotopic (exact) mass is 242 g/mol. The Morgan fingerprint density at radius 2 is 2.19 bits per heavy atom. The first kappa shape index (κ1) is 12.6. The lowest BCUT2D eigenvalue weighted by Crippen LogP contribution is -2.40. The number of nitrogens with zero attached hydrogens (tertiary/aromatic N) is 2. The fourth-order valence-corrected chi connectivity index (χ4v) is 1.65. The van der Waals surface area contributed by atoms with Crippen LogP contribution in [0, 0.1) is 5.41 Å². The summed E-state index contributed by atoms with van der Waals surface area (Å²) in [5.74, 6) is -0.234. The fraction of sp³-hybridized carbons (Fsp3) is 0.556. The molecule has 0 saturated heterocycles. The molecule has 16 heavy (non-hydrogen) atoms. The van der Waals surface area contributed by atoms with Crippen LogP contribution in [0.25, 0.3) is 0 Å². The summed E-state index contributed by atoms with van der Waals surface area (Å²) in [5.41, 5.74) is 7.76. The number of thiocarbonyl (C=S) groups is 1. The lowest BCUT2D eigenvalue weighted by atomic mass is 9.75. The Bertz CT molecular complexity index is 387. The van der Waals surface area contributed by atoms with E-state index in [1.807, 2.05) is 13.8 Å². The molecule has 0 spiro atoms. The maximum absolute atomic E-state index is 11.6. The van der Waals surface area contributed by atoms with Crippen LogP contribution < -0.4 is 11.2 Å². The first-order valence-electron chi connectivity index (χ1n) is 4.73. The lowest BCUT2D eigenvalue weighted by molar-refractivity contribution is -0.114. The van der Waals surface area contributed by atoms with E-state index in [0.29, 0.717) is 18.6 Å². The van der Waals surface area contributed by atoms with Crippen molar-refractivity contribution in [1.82, 2.24) is 5.43 Å². The molecular formula is C9H14N4O2S. The van der Waals surface area contributed by atoms with Crippen LogP contribution in [-0.4, -0.2) is 27.5 Å². The van der Waals surface area contributed by atoms with Crippen LogP contribution in [0.2, 0.25) is 0 Å². The van der Waals surface area contributed by atoms with Crippen LogP contribution in [-0.2, 0) is 4.79 Å². The van der Waals surface area contributed by atoms with Crippen LogP contribution in [0.1, 0.15) is 26.7 Å². The van der Waals surface area contributed by atoms with Crippen molar-refractivity contribution in [3.05, 3.63) is 0 Å². The van der Waals surface area contributed by atoms with Gasteiger partial charge in [0, 0.05) is 6.42 Å². The number of nitrogens with one attached hydrogen (secondary N) is 1. The van der Waals surface area contributed by atoms with Gasteiger partial charge in [-0.3, -0.25) is 10.2 Å². The molecule has 0 heterocycles. The maximum atomic E-state index is 11.6. The Labute approximate surface area is 98.6 Å². The molecule has 1 fully saturated rings. The summed E-state index contributed by atoms with van der Waals surface area (Å²) in [6.07, 6.45) is 0.853. The smallest absolute Gasteiger partial charge is 0.187 e. The van der Waals surface area contributed by atoms with Crippen LogP contribution in [0.5, 0.6) is 0 Å². The number of ketones is 1. The van der Waals surface area contributed by atoms with E-state index in [1.165, 1.54) is 0 Å². The molecule has 1 aliphatic rings. The summed E-state index contributed by atoms with van der Waals surface area (Å²) in [6, 6.07) is 0. The number of hydrogen-bond acceptors (Lipinski definition) is 5. The third-order valence-corrected chi connectivity index (χ3v) is 2.31. The maximum Gasteiger partial charge on any atom is 0.187 e. The van der Waals surface area contributed by atoms with Crippen LogP contribution >= 0.6 is 12.2 Å². The van der Waals surface area contributed by atoms with Gasteiger partial charge in [-0.1, -0.05) is 19.0 Å². The summed E-state index contributed by atoms with van der Waals surface area (Å²) >= 11 is 4.60. The van der Waals surface area contributed by atoms with Crippen LogP contribution in [0.4, 0.5) is 0 Å². The minimum Gasteiger partial charge on any atom is -0.410 e. The predicted octanol–water partition coefficient (Wildman–Crippen LogP) is 0.395. The zero-order valence-corrected chi connectivity index (χ0v) is 9.97. The van der Waals surface area contributed by atoms with Crippen molar-refractivity contribution < 1.29 is 10.0 Å². The topological polar surface area (TPSA) is 100 Å². The van der Waals surface area contributed by atoms with Gasteiger partial charge in [-0.25, -0.2) is 0 Å². The van der Waals surface area contributed by atoms with E-state index in [-0.39, 0.29) is 22.0 Å². The number of hydrazone groups is 1. The highest BCUT2D eigenvalue weighted by Gasteiger charge is 2.36. The molecule has 0 aromatic carbocycles. The summed E-state index contributed by atoms with van der Waals surface area (Å²) in [5, 5.41) is 15.6. The van der Waals surface area contributed by atoms with E-state index in [1.54, 1.807) is 0 Å². The van der Waals surface area contributed by atoms with Gasteiger partial charge in [-0.2, -0.15) is 5.10 Å². The van der Waals surface area contributed by atoms with E-state index in [2.05, 4.69) is 27.9 Å². The first-order chi connectivity index (χ1) is 7.35. The predicted molar refractivity (Wildman–Crippen MR) is 64.6 cm³/mol.